The lowest BCUT2D eigenvalue weighted by Gasteiger charge is -2.43. The van der Waals surface area contributed by atoms with Gasteiger partial charge in [-0.2, -0.15) is 0 Å². The maximum absolute atomic E-state index is 12.7. The van der Waals surface area contributed by atoms with Gasteiger partial charge in [0, 0.05) is 38.3 Å². The van der Waals surface area contributed by atoms with Gasteiger partial charge in [-0.3, -0.25) is 0 Å². The fourth-order valence-corrected chi connectivity index (χ4v) is 3.12. The van der Waals surface area contributed by atoms with E-state index >= 15 is 0 Å². The summed E-state index contributed by atoms with van der Waals surface area (Å²) in [5.74, 6) is 0.775. The van der Waals surface area contributed by atoms with Crippen molar-refractivity contribution in [2.75, 3.05) is 26.2 Å². The summed E-state index contributed by atoms with van der Waals surface area (Å²) in [5, 5.41) is 3.55. The predicted octanol–water partition coefficient (Wildman–Crippen LogP) is 2.30. The molecule has 2 rings (SSSR count). The first-order valence-corrected chi connectivity index (χ1v) is 7.94. The molecule has 2 amide bonds. The summed E-state index contributed by atoms with van der Waals surface area (Å²) in [7, 11) is 0. The number of likely N-dealkylation sites (tertiary alicyclic amines) is 1. The Kier molecular flexibility index (Phi) is 5.08. The molecule has 2 fully saturated rings. The van der Waals surface area contributed by atoms with E-state index in [0.717, 1.165) is 57.8 Å². The van der Waals surface area contributed by atoms with Crippen molar-refractivity contribution >= 4 is 6.03 Å². The van der Waals surface area contributed by atoms with Gasteiger partial charge in [0.1, 0.15) is 0 Å². The summed E-state index contributed by atoms with van der Waals surface area (Å²) in [6.45, 7) is 10.4. The summed E-state index contributed by atoms with van der Waals surface area (Å²) < 4.78 is 0. The Bertz CT molecular complexity index is 300. The van der Waals surface area contributed by atoms with E-state index in [9.17, 15) is 4.79 Å². The quantitative estimate of drug-likeness (QED) is 0.833. The number of piperidine rings is 1. The van der Waals surface area contributed by atoms with E-state index in [-0.39, 0.29) is 6.03 Å². The van der Waals surface area contributed by atoms with Gasteiger partial charge in [0.2, 0.25) is 0 Å². The maximum atomic E-state index is 12.7. The molecule has 2 heterocycles. The van der Waals surface area contributed by atoms with Crippen molar-refractivity contribution in [2.24, 2.45) is 5.92 Å². The summed E-state index contributed by atoms with van der Waals surface area (Å²) in [4.78, 5) is 16.9. The van der Waals surface area contributed by atoms with Crippen molar-refractivity contribution in [1.29, 1.82) is 0 Å². The molecule has 0 aliphatic carbocycles. The number of hydrogen-bond donors (Lipinski definition) is 1. The van der Waals surface area contributed by atoms with Gasteiger partial charge in [0.05, 0.1) is 0 Å². The minimum absolute atomic E-state index is 0.277. The van der Waals surface area contributed by atoms with Gasteiger partial charge in [-0.15, -0.1) is 0 Å². The Labute approximate surface area is 117 Å². The van der Waals surface area contributed by atoms with Crippen LogP contribution in [-0.4, -0.2) is 54.1 Å². The van der Waals surface area contributed by atoms with Gasteiger partial charge >= 0.3 is 6.03 Å². The number of rotatable bonds is 2. The Morgan fingerprint density at radius 2 is 1.89 bits per heavy atom. The zero-order valence-corrected chi connectivity index (χ0v) is 12.7. The molecule has 4 heteroatoms. The van der Waals surface area contributed by atoms with Crippen molar-refractivity contribution in [2.45, 2.75) is 58.5 Å². The predicted molar refractivity (Wildman–Crippen MR) is 78.2 cm³/mol. The maximum Gasteiger partial charge on any atom is 0.320 e. The molecule has 0 aromatic rings. The summed E-state index contributed by atoms with van der Waals surface area (Å²) in [6, 6.07) is 1.11. The fraction of sp³-hybridized carbons (Fsp3) is 0.933. The molecule has 110 valence electrons. The fourth-order valence-electron chi connectivity index (χ4n) is 3.12. The van der Waals surface area contributed by atoms with Crippen LogP contribution in [0.15, 0.2) is 0 Å². The van der Waals surface area contributed by atoms with Gasteiger partial charge < -0.3 is 15.1 Å². The third kappa shape index (κ3) is 3.41. The summed E-state index contributed by atoms with van der Waals surface area (Å²) in [5.41, 5.74) is 0. The second-order valence-corrected chi connectivity index (χ2v) is 6.18. The molecule has 0 saturated carbocycles. The smallest absolute Gasteiger partial charge is 0.320 e. The second-order valence-electron chi connectivity index (χ2n) is 6.18. The Morgan fingerprint density at radius 1 is 1.21 bits per heavy atom. The van der Waals surface area contributed by atoms with Crippen LogP contribution in [0, 0.1) is 5.92 Å². The molecule has 2 aliphatic heterocycles. The van der Waals surface area contributed by atoms with Crippen molar-refractivity contribution in [3.05, 3.63) is 0 Å². The lowest BCUT2D eigenvalue weighted by Crippen LogP contribution is -2.61. The van der Waals surface area contributed by atoms with Crippen LogP contribution in [0.25, 0.3) is 0 Å². The van der Waals surface area contributed by atoms with E-state index in [4.69, 9.17) is 0 Å². The molecule has 2 atom stereocenters. The van der Waals surface area contributed by atoms with E-state index in [0.29, 0.717) is 12.1 Å². The third-order valence-electron chi connectivity index (χ3n) is 4.76. The molecular formula is C15H29N3O. The van der Waals surface area contributed by atoms with E-state index in [2.05, 4.69) is 35.9 Å². The molecule has 2 unspecified atom stereocenters. The van der Waals surface area contributed by atoms with Crippen molar-refractivity contribution < 1.29 is 4.79 Å². The molecule has 19 heavy (non-hydrogen) atoms. The van der Waals surface area contributed by atoms with Crippen LogP contribution < -0.4 is 5.32 Å². The van der Waals surface area contributed by atoms with E-state index in [1.807, 2.05) is 0 Å². The van der Waals surface area contributed by atoms with E-state index in [1.165, 1.54) is 0 Å². The normalized spacial score (nSPS) is 29.6. The molecule has 0 bridgehead atoms. The van der Waals surface area contributed by atoms with Crippen LogP contribution in [0.1, 0.15) is 46.5 Å². The molecule has 2 aliphatic rings. The summed E-state index contributed by atoms with van der Waals surface area (Å²) >= 11 is 0. The van der Waals surface area contributed by atoms with Crippen molar-refractivity contribution in [3.63, 3.8) is 0 Å². The molecule has 0 spiro atoms. The van der Waals surface area contributed by atoms with Crippen LogP contribution in [0.4, 0.5) is 4.79 Å². The minimum atomic E-state index is 0.277. The third-order valence-corrected chi connectivity index (χ3v) is 4.76. The van der Waals surface area contributed by atoms with Crippen molar-refractivity contribution in [3.8, 4) is 0 Å². The highest BCUT2D eigenvalue weighted by Crippen LogP contribution is 2.20. The molecule has 1 N–H and O–H groups in total. The number of amides is 2. The average Bonchev–Trinajstić information content (AvgIpc) is 2.46. The highest BCUT2D eigenvalue weighted by molar-refractivity contribution is 5.75. The first-order chi connectivity index (χ1) is 9.15. The highest BCUT2D eigenvalue weighted by Gasteiger charge is 2.33. The number of urea groups is 1. The Balaban J connectivity index is 1.98. The Morgan fingerprint density at radius 3 is 2.47 bits per heavy atom. The largest absolute Gasteiger partial charge is 0.325 e. The molecular weight excluding hydrogens is 238 g/mol. The van der Waals surface area contributed by atoms with E-state index in [1.54, 1.807) is 0 Å². The van der Waals surface area contributed by atoms with Gasteiger partial charge in [-0.25, -0.2) is 4.79 Å². The Hall–Kier alpha value is -0.770. The number of carbonyl (C=O) groups excluding carboxylic acids is 1. The van der Waals surface area contributed by atoms with Gasteiger partial charge in [0.25, 0.3) is 0 Å². The molecule has 0 aromatic carbocycles. The van der Waals surface area contributed by atoms with Gasteiger partial charge in [-0.1, -0.05) is 20.8 Å². The number of nitrogens with zero attached hydrogens (tertiary/aromatic N) is 2. The van der Waals surface area contributed by atoms with Crippen molar-refractivity contribution in [1.82, 2.24) is 15.1 Å². The number of nitrogens with one attached hydrogen (secondary N) is 1. The lowest BCUT2D eigenvalue weighted by molar-refractivity contribution is 0.0940. The van der Waals surface area contributed by atoms with Crippen LogP contribution in [0.2, 0.25) is 0 Å². The standard InChI is InChI=1S/C15H29N3O/c1-4-13-11-18(14(5-2)10-16-13)15(19)17-8-6-12(3)7-9-17/h12-14,16H,4-11H2,1-3H3. The van der Waals surface area contributed by atoms with Crippen LogP contribution in [0.5, 0.6) is 0 Å². The minimum Gasteiger partial charge on any atom is -0.325 e. The van der Waals surface area contributed by atoms with Crippen LogP contribution in [0.3, 0.4) is 0 Å². The first-order valence-electron chi connectivity index (χ1n) is 7.94. The monoisotopic (exact) mass is 267 g/mol. The molecule has 4 nitrogen and oxygen atoms in total. The summed E-state index contributed by atoms with van der Waals surface area (Å²) in [6.07, 6.45) is 4.45. The number of carbonyl (C=O) groups is 1. The average molecular weight is 267 g/mol. The molecule has 0 aromatic heterocycles. The zero-order valence-electron chi connectivity index (χ0n) is 12.7. The number of hydrogen-bond acceptors (Lipinski definition) is 2. The van der Waals surface area contributed by atoms with Gasteiger partial charge in [-0.05, 0) is 31.6 Å². The van der Waals surface area contributed by atoms with Gasteiger partial charge in [0.15, 0.2) is 0 Å². The number of piperazine rings is 1. The highest BCUT2D eigenvalue weighted by atomic mass is 16.2. The second kappa shape index (κ2) is 6.60. The SMILES string of the molecule is CCC1CN(C(=O)N2CCC(C)CC2)C(CC)CN1. The lowest BCUT2D eigenvalue weighted by atomic mass is 9.99. The van der Waals surface area contributed by atoms with Crippen LogP contribution in [-0.2, 0) is 0 Å². The topological polar surface area (TPSA) is 35.6 Å². The first kappa shape index (κ1) is 14.6. The van der Waals surface area contributed by atoms with Crippen LogP contribution >= 0.6 is 0 Å². The van der Waals surface area contributed by atoms with E-state index < -0.39 is 0 Å². The molecule has 2 saturated heterocycles. The molecule has 0 radical (unpaired) electrons. The zero-order chi connectivity index (χ0) is 13.8.